The van der Waals surface area contributed by atoms with Gasteiger partial charge in [0.2, 0.25) is 0 Å². The van der Waals surface area contributed by atoms with E-state index in [9.17, 15) is 0 Å². The molecule has 0 radical (unpaired) electrons. The number of nitrogens with two attached hydrogens (primary N) is 1. The van der Waals surface area contributed by atoms with Gasteiger partial charge in [0.15, 0.2) is 0 Å². The molecule has 0 spiro atoms. The van der Waals surface area contributed by atoms with Crippen LogP contribution in [0.25, 0.3) is 11.8 Å². The number of hydrogen-bond donors (Lipinski definition) is 1. The lowest BCUT2D eigenvalue weighted by atomic mass is 10.3. The maximum absolute atomic E-state index is 5.69. The first-order valence-electron chi connectivity index (χ1n) is 3.79. The van der Waals surface area contributed by atoms with Gasteiger partial charge in [0.05, 0.1) is 11.0 Å². The Morgan fingerprint density at radius 1 is 1.67 bits per heavy atom. The van der Waals surface area contributed by atoms with Gasteiger partial charge in [-0.25, -0.2) is 0 Å². The van der Waals surface area contributed by atoms with Crippen molar-refractivity contribution >= 4 is 11.8 Å². The summed E-state index contributed by atoms with van der Waals surface area (Å²) in [5.41, 5.74) is 6.30. The van der Waals surface area contributed by atoms with Gasteiger partial charge in [-0.15, -0.1) is 0 Å². The van der Waals surface area contributed by atoms with Crippen molar-refractivity contribution in [1.82, 2.24) is 4.98 Å². The highest BCUT2D eigenvalue weighted by Gasteiger charge is 1.87. The van der Waals surface area contributed by atoms with Crippen LogP contribution in [-0.2, 0) is 0 Å². The highest BCUT2D eigenvalue weighted by molar-refractivity contribution is 5.50. The third-order valence-corrected chi connectivity index (χ3v) is 1.64. The van der Waals surface area contributed by atoms with E-state index in [1.165, 1.54) is 0 Å². The summed E-state index contributed by atoms with van der Waals surface area (Å²) in [7, 11) is 0. The van der Waals surface area contributed by atoms with Crippen molar-refractivity contribution in [3.8, 4) is 0 Å². The van der Waals surface area contributed by atoms with Gasteiger partial charge in [-0.2, -0.15) is 0 Å². The Morgan fingerprint density at radius 3 is 3.00 bits per heavy atom. The number of rotatable bonds is 1. The zero-order valence-electron chi connectivity index (χ0n) is 7.12. The van der Waals surface area contributed by atoms with Gasteiger partial charge < -0.3 is 5.73 Å². The summed E-state index contributed by atoms with van der Waals surface area (Å²) in [6.07, 6.45) is 5.30. The van der Waals surface area contributed by atoms with Crippen LogP contribution in [0, 0.1) is 0 Å². The fourth-order valence-electron chi connectivity index (χ4n) is 0.989. The van der Waals surface area contributed by atoms with Gasteiger partial charge in [0, 0.05) is 6.20 Å². The molecule has 1 aromatic rings. The fraction of sp³-hybridized carbons (Fsp3) is 0.100. The second-order valence-electron chi connectivity index (χ2n) is 2.39. The molecule has 1 aromatic heterocycles. The van der Waals surface area contributed by atoms with E-state index in [1.807, 2.05) is 25.1 Å². The van der Waals surface area contributed by atoms with Crippen LogP contribution >= 0.6 is 0 Å². The van der Waals surface area contributed by atoms with Crippen molar-refractivity contribution in [2.75, 3.05) is 0 Å². The van der Waals surface area contributed by atoms with Crippen molar-refractivity contribution in [3.63, 3.8) is 0 Å². The molecule has 2 nitrogen and oxygen atoms in total. The van der Waals surface area contributed by atoms with Crippen LogP contribution in [0.15, 0.2) is 31.0 Å². The van der Waals surface area contributed by atoms with Crippen LogP contribution in [0.3, 0.4) is 0 Å². The third kappa shape index (κ3) is 1.53. The first-order valence-corrected chi connectivity index (χ1v) is 3.79. The van der Waals surface area contributed by atoms with Crippen molar-refractivity contribution in [1.29, 1.82) is 0 Å². The minimum atomic E-state index is 0.615. The standard InChI is InChI=1S/C10H12N2/c1-3-8-6-5-7-12-10(8)9(11)4-2/h3-7H,2,11H2,1H3/b8-3-,10-9-. The summed E-state index contributed by atoms with van der Waals surface area (Å²) < 4.78 is 0. The summed E-state index contributed by atoms with van der Waals surface area (Å²) in [4.78, 5) is 4.16. The summed E-state index contributed by atoms with van der Waals surface area (Å²) >= 11 is 0. The highest BCUT2D eigenvalue weighted by atomic mass is 14.7. The average molecular weight is 160 g/mol. The predicted molar refractivity (Wildman–Crippen MR) is 51.4 cm³/mol. The zero-order valence-corrected chi connectivity index (χ0v) is 7.12. The van der Waals surface area contributed by atoms with Crippen molar-refractivity contribution in [2.24, 2.45) is 5.73 Å². The largest absolute Gasteiger partial charge is 0.397 e. The minimum Gasteiger partial charge on any atom is -0.397 e. The van der Waals surface area contributed by atoms with Crippen LogP contribution in [0.2, 0.25) is 0 Å². The van der Waals surface area contributed by atoms with E-state index in [0.29, 0.717) is 5.70 Å². The van der Waals surface area contributed by atoms with E-state index in [2.05, 4.69) is 11.6 Å². The molecule has 2 N–H and O–H groups in total. The van der Waals surface area contributed by atoms with Gasteiger partial charge in [0.25, 0.3) is 0 Å². The van der Waals surface area contributed by atoms with Gasteiger partial charge in [0.1, 0.15) is 0 Å². The van der Waals surface area contributed by atoms with Crippen LogP contribution in [0.5, 0.6) is 0 Å². The summed E-state index contributed by atoms with van der Waals surface area (Å²) in [6.45, 7) is 5.55. The van der Waals surface area contributed by atoms with E-state index >= 15 is 0 Å². The molecular formula is C10H12N2. The SMILES string of the molecule is C=C/C(N)=c1/nccc/c1=C/C. The first kappa shape index (κ1) is 8.53. The summed E-state index contributed by atoms with van der Waals surface area (Å²) in [6, 6.07) is 3.86. The molecule has 12 heavy (non-hydrogen) atoms. The number of aromatic nitrogens is 1. The van der Waals surface area contributed by atoms with Crippen LogP contribution in [-0.4, -0.2) is 4.98 Å². The molecule has 0 aliphatic carbocycles. The lowest BCUT2D eigenvalue weighted by Crippen LogP contribution is -2.31. The topological polar surface area (TPSA) is 38.9 Å². The van der Waals surface area contributed by atoms with E-state index in [4.69, 9.17) is 5.73 Å². The van der Waals surface area contributed by atoms with E-state index in [0.717, 1.165) is 10.6 Å². The molecule has 0 atom stereocenters. The lowest BCUT2D eigenvalue weighted by molar-refractivity contribution is 1.20. The third-order valence-electron chi connectivity index (χ3n) is 1.64. The Morgan fingerprint density at radius 2 is 2.42 bits per heavy atom. The second kappa shape index (κ2) is 3.72. The quantitative estimate of drug-likeness (QED) is 0.634. The fourth-order valence-corrected chi connectivity index (χ4v) is 0.989. The van der Waals surface area contributed by atoms with Crippen LogP contribution in [0.4, 0.5) is 0 Å². The normalized spacial score (nSPS) is 14.2. The molecule has 0 aliphatic rings. The number of nitrogens with zero attached hydrogens (tertiary/aromatic N) is 1. The van der Waals surface area contributed by atoms with E-state index in [1.54, 1.807) is 12.3 Å². The van der Waals surface area contributed by atoms with Crippen molar-refractivity contribution < 1.29 is 0 Å². The monoisotopic (exact) mass is 160 g/mol. The predicted octanol–water partition coefficient (Wildman–Crippen LogP) is 0.135. The zero-order chi connectivity index (χ0) is 8.97. The minimum absolute atomic E-state index is 0.615. The maximum Gasteiger partial charge on any atom is 0.0927 e. The van der Waals surface area contributed by atoms with Gasteiger partial charge >= 0.3 is 0 Å². The molecule has 1 heterocycles. The lowest BCUT2D eigenvalue weighted by Gasteiger charge is -1.92. The summed E-state index contributed by atoms with van der Waals surface area (Å²) in [5, 5.41) is 1.84. The second-order valence-corrected chi connectivity index (χ2v) is 2.39. The van der Waals surface area contributed by atoms with Crippen LogP contribution < -0.4 is 16.3 Å². The Kier molecular flexibility index (Phi) is 2.64. The van der Waals surface area contributed by atoms with E-state index < -0.39 is 0 Å². The Hall–Kier alpha value is -1.57. The molecule has 0 saturated heterocycles. The molecule has 0 unspecified atom stereocenters. The molecule has 0 amide bonds. The molecular weight excluding hydrogens is 148 g/mol. The molecule has 0 fully saturated rings. The van der Waals surface area contributed by atoms with Crippen LogP contribution in [0.1, 0.15) is 6.92 Å². The Balaban J connectivity index is 3.65. The number of hydrogen-bond acceptors (Lipinski definition) is 2. The molecule has 0 aliphatic heterocycles. The van der Waals surface area contributed by atoms with Gasteiger partial charge in [-0.3, -0.25) is 4.98 Å². The highest BCUT2D eigenvalue weighted by Crippen LogP contribution is 1.76. The Bertz CT molecular complexity index is 391. The molecule has 0 saturated carbocycles. The maximum atomic E-state index is 5.69. The van der Waals surface area contributed by atoms with E-state index in [-0.39, 0.29) is 0 Å². The smallest absolute Gasteiger partial charge is 0.0927 e. The van der Waals surface area contributed by atoms with Gasteiger partial charge in [-0.1, -0.05) is 18.7 Å². The molecule has 62 valence electrons. The molecule has 2 heteroatoms. The molecule has 0 bridgehead atoms. The first-order chi connectivity index (χ1) is 5.79. The van der Waals surface area contributed by atoms with Crippen molar-refractivity contribution in [3.05, 3.63) is 41.6 Å². The molecule has 1 rings (SSSR count). The van der Waals surface area contributed by atoms with Crippen molar-refractivity contribution in [2.45, 2.75) is 6.92 Å². The van der Waals surface area contributed by atoms with Gasteiger partial charge in [-0.05, 0) is 24.3 Å². The Labute approximate surface area is 71.7 Å². The average Bonchev–Trinajstić information content (AvgIpc) is 2.16. The molecule has 0 aromatic carbocycles. The summed E-state index contributed by atoms with van der Waals surface area (Å²) in [5.74, 6) is 0. The number of pyridine rings is 1.